The Bertz CT molecular complexity index is 1380. The summed E-state index contributed by atoms with van der Waals surface area (Å²) in [6, 6.07) is 22.2. The minimum absolute atomic E-state index is 0.115. The first-order chi connectivity index (χ1) is 15.4. The number of carbonyl (C=O) groups is 1. The second-order valence-electron chi connectivity index (χ2n) is 8.54. The summed E-state index contributed by atoms with van der Waals surface area (Å²) in [5, 5.41) is 6.52. The van der Waals surface area contributed by atoms with E-state index in [2.05, 4.69) is 65.4 Å². The van der Waals surface area contributed by atoms with Crippen molar-refractivity contribution in [2.45, 2.75) is 33.7 Å². The summed E-state index contributed by atoms with van der Waals surface area (Å²) < 4.78 is 2.13. The lowest BCUT2D eigenvalue weighted by Gasteiger charge is -2.31. The molecule has 2 N–H and O–H groups in total. The van der Waals surface area contributed by atoms with E-state index in [1.165, 1.54) is 11.1 Å². The molecule has 3 aromatic carbocycles. The molecule has 32 heavy (non-hydrogen) atoms. The topological polar surface area (TPSA) is 59.0 Å². The summed E-state index contributed by atoms with van der Waals surface area (Å²) in [6.45, 7) is 8.08. The van der Waals surface area contributed by atoms with E-state index in [9.17, 15) is 4.79 Å². The first kappa shape index (κ1) is 20.1. The number of nitrogens with zero attached hydrogens (tertiary/aromatic N) is 2. The molecule has 1 atom stereocenters. The SMILES string of the molecule is CC1=C(C(=O)Nc2ccc(C)cc2C)[C@@H](c2ccc(C)cc2)n2c(nc3ccccc32)N1. The lowest BCUT2D eigenvalue weighted by atomic mass is 9.93. The molecule has 0 spiro atoms. The van der Waals surface area contributed by atoms with Crippen molar-refractivity contribution in [3.05, 3.63) is 100 Å². The standard InChI is InChI=1S/C27H26N4O/c1-16-9-12-20(13-10-16)25-24(26(32)29-21-14-11-17(2)15-18(21)3)19(4)28-27-30-22-7-5-6-8-23(22)31(25)27/h5-15,25H,1-4H3,(H,28,30)(H,29,32)/t25-/m1/s1. The van der Waals surface area contributed by atoms with Gasteiger partial charge in [0.05, 0.1) is 22.6 Å². The molecular formula is C27H26N4O. The largest absolute Gasteiger partial charge is 0.329 e. The van der Waals surface area contributed by atoms with Crippen molar-refractivity contribution in [3.8, 4) is 0 Å². The highest BCUT2D eigenvalue weighted by Gasteiger charge is 2.34. The Hall–Kier alpha value is -3.86. The van der Waals surface area contributed by atoms with Crippen LogP contribution in [0.1, 0.15) is 35.2 Å². The lowest BCUT2D eigenvalue weighted by Crippen LogP contribution is -2.31. The van der Waals surface area contributed by atoms with E-state index in [0.717, 1.165) is 39.5 Å². The summed E-state index contributed by atoms with van der Waals surface area (Å²) in [5.41, 5.74) is 8.64. The maximum absolute atomic E-state index is 13.7. The van der Waals surface area contributed by atoms with Crippen LogP contribution < -0.4 is 10.6 Å². The molecule has 1 aliphatic rings. The van der Waals surface area contributed by atoms with Gasteiger partial charge < -0.3 is 10.6 Å². The van der Waals surface area contributed by atoms with Crippen molar-refractivity contribution >= 4 is 28.6 Å². The minimum Gasteiger partial charge on any atom is -0.329 e. The molecule has 0 aliphatic carbocycles. The van der Waals surface area contributed by atoms with Crippen LogP contribution in [0.15, 0.2) is 78.0 Å². The van der Waals surface area contributed by atoms with Crippen molar-refractivity contribution < 1.29 is 4.79 Å². The Morgan fingerprint density at radius 1 is 0.938 bits per heavy atom. The number of rotatable bonds is 3. The molecule has 0 bridgehead atoms. The molecule has 1 aliphatic heterocycles. The van der Waals surface area contributed by atoms with Gasteiger partial charge in [-0.2, -0.15) is 0 Å². The van der Waals surface area contributed by atoms with Gasteiger partial charge in [0.1, 0.15) is 0 Å². The number of para-hydroxylation sites is 2. The van der Waals surface area contributed by atoms with Crippen LogP contribution in [-0.2, 0) is 4.79 Å². The van der Waals surface area contributed by atoms with Crippen LogP contribution >= 0.6 is 0 Å². The van der Waals surface area contributed by atoms with Gasteiger partial charge in [0.25, 0.3) is 5.91 Å². The number of aryl methyl sites for hydroxylation is 3. The molecular weight excluding hydrogens is 396 g/mol. The van der Waals surface area contributed by atoms with E-state index < -0.39 is 0 Å². The average Bonchev–Trinajstić information content (AvgIpc) is 3.13. The number of carbonyl (C=O) groups excluding carboxylic acids is 1. The Morgan fingerprint density at radius 3 is 2.41 bits per heavy atom. The summed E-state index contributed by atoms with van der Waals surface area (Å²) in [4.78, 5) is 18.5. The van der Waals surface area contributed by atoms with E-state index in [4.69, 9.17) is 4.98 Å². The van der Waals surface area contributed by atoms with Gasteiger partial charge in [-0.15, -0.1) is 0 Å². The number of nitrogens with one attached hydrogen (secondary N) is 2. The van der Waals surface area contributed by atoms with Crippen molar-refractivity contribution in [3.63, 3.8) is 0 Å². The number of aromatic nitrogens is 2. The number of allylic oxidation sites excluding steroid dienone is 1. The Balaban J connectivity index is 1.65. The zero-order valence-electron chi connectivity index (χ0n) is 18.7. The van der Waals surface area contributed by atoms with Gasteiger partial charge in [-0.25, -0.2) is 4.98 Å². The quantitative estimate of drug-likeness (QED) is 0.433. The fraction of sp³-hybridized carbons (Fsp3) is 0.185. The third-order valence-electron chi connectivity index (χ3n) is 6.10. The predicted octanol–water partition coefficient (Wildman–Crippen LogP) is 5.89. The van der Waals surface area contributed by atoms with Crippen LogP contribution in [0.25, 0.3) is 11.0 Å². The number of hydrogen-bond acceptors (Lipinski definition) is 3. The van der Waals surface area contributed by atoms with Crippen LogP contribution in [0.2, 0.25) is 0 Å². The highest BCUT2D eigenvalue weighted by molar-refractivity contribution is 6.06. The fourth-order valence-electron chi connectivity index (χ4n) is 4.47. The van der Waals surface area contributed by atoms with Crippen LogP contribution in [0.5, 0.6) is 0 Å². The Labute approximate surface area is 187 Å². The third-order valence-corrected chi connectivity index (χ3v) is 6.10. The molecule has 1 amide bonds. The van der Waals surface area contributed by atoms with E-state index in [1.54, 1.807) is 0 Å². The molecule has 0 unspecified atom stereocenters. The molecule has 1 aromatic heterocycles. The van der Waals surface area contributed by atoms with Gasteiger partial charge in [-0.3, -0.25) is 9.36 Å². The maximum atomic E-state index is 13.7. The predicted molar refractivity (Wildman–Crippen MR) is 130 cm³/mol. The molecule has 5 rings (SSSR count). The molecule has 4 aromatic rings. The molecule has 5 heteroatoms. The first-order valence-electron chi connectivity index (χ1n) is 10.8. The van der Waals surface area contributed by atoms with Gasteiger partial charge in [0.15, 0.2) is 0 Å². The second-order valence-corrected chi connectivity index (χ2v) is 8.54. The van der Waals surface area contributed by atoms with E-state index in [1.807, 2.05) is 44.2 Å². The molecule has 0 radical (unpaired) electrons. The first-order valence-corrected chi connectivity index (χ1v) is 10.8. The van der Waals surface area contributed by atoms with E-state index in [0.29, 0.717) is 5.57 Å². The maximum Gasteiger partial charge on any atom is 0.255 e. The number of hydrogen-bond donors (Lipinski definition) is 2. The molecule has 0 fully saturated rings. The lowest BCUT2D eigenvalue weighted by molar-refractivity contribution is -0.113. The zero-order chi connectivity index (χ0) is 22.4. The van der Waals surface area contributed by atoms with Gasteiger partial charge in [-0.1, -0.05) is 59.7 Å². The smallest absolute Gasteiger partial charge is 0.255 e. The summed E-state index contributed by atoms with van der Waals surface area (Å²) in [6.07, 6.45) is 0. The van der Waals surface area contributed by atoms with Crippen LogP contribution in [0, 0.1) is 20.8 Å². The third kappa shape index (κ3) is 3.36. The second kappa shape index (κ2) is 7.68. The van der Waals surface area contributed by atoms with Gasteiger partial charge in [0.2, 0.25) is 5.95 Å². The van der Waals surface area contributed by atoms with E-state index >= 15 is 0 Å². The number of anilines is 2. The van der Waals surface area contributed by atoms with Gasteiger partial charge >= 0.3 is 0 Å². The normalized spacial score (nSPS) is 15.4. The number of benzene rings is 3. The molecule has 0 saturated heterocycles. The summed E-state index contributed by atoms with van der Waals surface area (Å²) in [5.74, 6) is 0.633. The zero-order valence-corrected chi connectivity index (χ0v) is 18.7. The van der Waals surface area contributed by atoms with Crippen LogP contribution in [0.3, 0.4) is 0 Å². The highest BCUT2D eigenvalue weighted by Crippen LogP contribution is 2.39. The molecule has 160 valence electrons. The molecule has 0 saturated carbocycles. The summed E-state index contributed by atoms with van der Waals surface area (Å²) in [7, 11) is 0. The Kier molecular flexibility index (Phi) is 4.82. The minimum atomic E-state index is -0.287. The fourth-order valence-corrected chi connectivity index (χ4v) is 4.47. The van der Waals surface area contributed by atoms with Crippen molar-refractivity contribution in [1.82, 2.24) is 9.55 Å². The number of fused-ring (bicyclic) bond motifs is 3. The van der Waals surface area contributed by atoms with Crippen molar-refractivity contribution in [2.24, 2.45) is 0 Å². The summed E-state index contributed by atoms with van der Waals surface area (Å²) >= 11 is 0. The van der Waals surface area contributed by atoms with Gasteiger partial charge in [-0.05, 0) is 57.0 Å². The number of imidazole rings is 1. The highest BCUT2D eigenvalue weighted by atomic mass is 16.1. The molecule has 2 heterocycles. The van der Waals surface area contributed by atoms with Gasteiger partial charge in [0, 0.05) is 11.4 Å². The average molecular weight is 423 g/mol. The molecule has 5 nitrogen and oxygen atoms in total. The van der Waals surface area contributed by atoms with Crippen LogP contribution in [-0.4, -0.2) is 15.5 Å². The van der Waals surface area contributed by atoms with Crippen molar-refractivity contribution in [1.29, 1.82) is 0 Å². The van der Waals surface area contributed by atoms with E-state index in [-0.39, 0.29) is 11.9 Å². The van der Waals surface area contributed by atoms with Crippen LogP contribution in [0.4, 0.5) is 11.6 Å². The monoisotopic (exact) mass is 422 g/mol. The Morgan fingerprint density at radius 2 is 1.66 bits per heavy atom. The number of amides is 1. The van der Waals surface area contributed by atoms with Crippen molar-refractivity contribution in [2.75, 3.05) is 10.6 Å².